The van der Waals surface area contributed by atoms with Crippen LogP contribution in [0.25, 0.3) is 0 Å². The molecule has 0 aromatic carbocycles. The van der Waals surface area contributed by atoms with Gasteiger partial charge in [0.2, 0.25) is 0 Å². The first-order valence-corrected chi connectivity index (χ1v) is 5.34. The first kappa shape index (κ1) is 8.13. The summed E-state index contributed by atoms with van der Waals surface area (Å²) in [5, 5.41) is 10.5. The van der Waals surface area contributed by atoms with E-state index in [1.54, 1.807) is 0 Å². The van der Waals surface area contributed by atoms with E-state index < -0.39 is 0 Å². The van der Waals surface area contributed by atoms with Gasteiger partial charge in [0.25, 0.3) is 0 Å². The Hall–Kier alpha value is -0.480. The zero-order chi connectivity index (χ0) is 8.39. The van der Waals surface area contributed by atoms with E-state index in [1.165, 1.54) is 22.7 Å². The molecule has 0 saturated carbocycles. The monoisotopic (exact) mass is 183 g/mol. The summed E-state index contributed by atoms with van der Waals surface area (Å²) in [4.78, 5) is 0. The zero-order valence-corrected chi connectivity index (χ0v) is 8.00. The molecular weight excluding hydrogens is 170 g/mol. The number of rotatable bonds is 2. The van der Waals surface area contributed by atoms with Gasteiger partial charge in [-0.2, -0.15) is 16.9 Å². The minimum Gasteiger partial charge on any atom is -0.314 e. The largest absolute Gasteiger partial charge is 0.314 e. The van der Waals surface area contributed by atoms with Crippen LogP contribution in [0.5, 0.6) is 0 Å². The van der Waals surface area contributed by atoms with E-state index in [1.807, 2.05) is 18.8 Å². The van der Waals surface area contributed by atoms with Gasteiger partial charge in [0.1, 0.15) is 0 Å². The van der Waals surface area contributed by atoms with Crippen molar-refractivity contribution >= 4 is 11.8 Å². The van der Waals surface area contributed by atoms with E-state index >= 15 is 0 Å². The average Bonchev–Trinajstić information content (AvgIpc) is 2.50. The lowest BCUT2D eigenvalue weighted by atomic mass is 10.1. The Kier molecular flexibility index (Phi) is 2.37. The number of aryl methyl sites for hydroxylation is 1. The van der Waals surface area contributed by atoms with E-state index in [2.05, 4.69) is 15.5 Å². The third-order valence-corrected chi connectivity index (χ3v) is 3.11. The Morgan fingerprint density at radius 1 is 1.67 bits per heavy atom. The number of nitrogens with one attached hydrogen (secondary N) is 2. The maximum absolute atomic E-state index is 4.29. The lowest BCUT2D eigenvalue weighted by Crippen LogP contribution is -2.09. The predicted octanol–water partition coefficient (Wildman–Crippen LogP) is 0.918. The predicted molar refractivity (Wildman–Crippen MR) is 51.2 cm³/mol. The van der Waals surface area contributed by atoms with Crippen molar-refractivity contribution in [3.05, 3.63) is 17.0 Å². The van der Waals surface area contributed by atoms with Gasteiger partial charge >= 0.3 is 0 Å². The molecule has 0 saturated heterocycles. The Bertz CT molecular complexity index is 269. The van der Waals surface area contributed by atoms with E-state index in [0.29, 0.717) is 0 Å². The van der Waals surface area contributed by atoms with Crippen LogP contribution in [0.1, 0.15) is 17.0 Å². The van der Waals surface area contributed by atoms with E-state index in [-0.39, 0.29) is 0 Å². The van der Waals surface area contributed by atoms with Gasteiger partial charge in [0.05, 0.1) is 5.69 Å². The molecule has 0 aliphatic carbocycles. The molecule has 2 rings (SSSR count). The SMILES string of the molecule is CNCc1n[nH]c2c1CSCC2. The van der Waals surface area contributed by atoms with Crippen molar-refractivity contribution in [1.82, 2.24) is 15.5 Å². The summed E-state index contributed by atoms with van der Waals surface area (Å²) in [7, 11) is 1.96. The number of aromatic nitrogens is 2. The van der Waals surface area contributed by atoms with Crippen molar-refractivity contribution in [3.63, 3.8) is 0 Å². The van der Waals surface area contributed by atoms with Gasteiger partial charge in [-0.1, -0.05) is 0 Å². The fourth-order valence-electron chi connectivity index (χ4n) is 1.48. The van der Waals surface area contributed by atoms with Crippen LogP contribution in [-0.4, -0.2) is 23.0 Å². The molecule has 2 N–H and O–H groups in total. The van der Waals surface area contributed by atoms with Gasteiger partial charge in [-0.15, -0.1) is 0 Å². The molecule has 12 heavy (non-hydrogen) atoms. The molecule has 1 aliphatic heterocycles. The summed E-state index contributed by atoms with van der Waals surface area (Å²) < 4.78 is 0. The number of thioether (sulfide) groups is 1. The third-order valence-electron chi connectivity index (χ3n) is 2.13. The molecule has 0 fully saturated rings. The summed E-state index contributed by atoms with van der Waals surface area (Å²) in [5.74, 6) is 2.36. The Morgan fingerprint density at radius 2 is 2.58 bits per heavy atom. The van der Waals surface area contributed by atoms with Crippen LogP contribution in [0, 0.1) is 0 Å². The highest BCUT2D eigenvalue weighted by molar-refractivity contribution is 7.98. The number of nitrogens with zero attached hydrogens (tertiary/aromatic N) is 1. The van der Waals surface area contributed by atoms with Gasteiger partial charge in [-0.05, 0) is 19.2 Å². The highest BCUT2D eigenvalue weighted by Crippen LogP contribution is 2.25. The highest BCUT2D eigenvalue weighted by Gasteiger charge is 2.15. The number of hydrogen-bond donors (Lipinski definition) is 2. The zero-order valence-electron chi connectivity index (χ0n) is 7.18. The summed E-state index contributed by atoms with van der Waals surface area (Å²) in [6.45, 7) is 0.881. The normalized spacial score (nSPS) is 16.1. The van der Waals surface area contributed by atoms with Crippen molar-refractivity contribution < 1.29 is 0 Å². The molecule has 0 amide bonds. The molecule has 3 nitrogen and oxygen atoms in total. The molecule has 1 aromatic heterocycles. The number of hydrogen-bond acceptors (Lipinski definition) is 3. The molecule has 0 spiro atoms. The van der Waals surface area contributed by atoms with Gasteiger partial charge in [0, 0.05) is 23.6 Å². The molecule has 1 aromatic rings. The molecule has 0 atom stereocenters. The second-order valence-electron chi connectivity index (χ2n) is 2.96. The summed E-state index contributed by atoms with van der Waals surface area (Å²) in [5.41, 5.74) is 3.97. The van der Waals surface area contributed by atoms with Crippen LogP contribution in [0.4, 0.5) is 0 Å². The quantitative estimate of drug-likeness (QED) is 0.716. The maximum Gasteiger partial charge on any atom is 0.0803 e. The second-order valence-corrected chi connectivity index (χ2v) is 4.07. The summed E-state index contributed by atoms with van der Waals surface area (Å²) in [6, 6.07) is 0. The third kappa shape index (κ3) is 1.36. The van der Waals surface area contributed by atoms with E-state index in [9.17, 15) is 0 Å². The van der Waals surface area contributed by atoms with Gasteiger partial charge < -0.3 is 5.32 Å². The highest BCUT2D eigenvalue weighted by atomic mass is 32.2. The minimum absolute atomic E-state index is 0.881. The van der Waals surface area contributed by atoms with Crippen LogP contribution in [0.2, 0.25) is 0 Å². The topological polar surface area (TPSA) is 40.7 Å². The fourth-order valence-corrected chi connectivity index (χ4v) is 2.52. The van der Waals surface area contributed by atoms with Gasteiger partial charge in [-0.25, -0.2) is 0 Å². The van der Waals surface area contributed by atoms with Crippen molar-refractivity contribution in [2.24, 2.45) is 0 Å². The molecule has 4 heteroatoms. The smallest absolute Gasteiger partial charge is 0.0803 e. The van der Waals surface area contributed by atoms with Crippen LogP contribution >= 0.6 is 11.8 Å². The van der Waals surface area contributed by atoms with Crippen LogP contribution in [0.15, 0.2) is 0 Å². The van der Waals surface area contributed by atoms with Crippen LogP contribution in [0.3, 0.4) is 0 Å². The summed E-state index contributed by atoms with van der Waals surface area (Å²) >= 11 is 1.99. The average molecular weight is 183 g/mol. The van der Waals surface area contributed by atoms with Gasteiger partial charge in [0.15, 0.2) is 0 Å². The second kappa shape index (κ2) is 3.49. The van der Waals surface area contributed by atoms with E-state index in [0.717, 1.165) is 18.7 Å². The number of fused-ring (bicyclic) bond motifs is 1. The first-order chi connectivity index (χ1) is 5.92. The van der Waals surface area contributed by atoms with E-state index in [4.69, 9.17) is 0 Å². The minimum atomic E-state index is 0.881. The number of aromatic amines is 1. The molecule has 0 unspecified atom stereocenters. The molecule has 1 aliphatic rings. The van der Waals surface area contributed by atoms with Crippen LogP contribution < -0.4 is 5.32 Å². The Morgan fingerprint density at radius 3 is 3.42 bits per heavy atom. The first-order valence-electron chi connectivity index (χ1n) is 4.19. The van der Waals surface area contributed by atoms with Crippen molar-refractivity contribution in [2.75, 3.05) is 12.8 Å². The van der Waals surface area contributed by atoms with Crippen molar-refractivity contribution in [1.29, 1.82) is 0 Å². The molecule has 2 heterocycles. The van der Waals surface area contributed by atoms with Crippen LogP contribution in [-0.2, 0) is 18.7 Å². The molecule has 0 bridgehead atoms. The standard InChI is InChI=1S/C8H13N3S/c1-9-4-8-6-5-12-3-2-7(6)10-11-8/h9H,2-5H2,1H3,(H,10,11). The Balaban J connectivity index is 2.25. The summed E-state index contributed by atoms with van der Waals surface area (Å²) in [6.07, 6.45) is 1.15. The fraction of sp³-hybridized carbons (Fsp3) is 0.625. The Labute approximate surface area is 76.3 Å². The molecule has 0 radical (unpaired) electrons. The maximum atomic E-state index is 4.29. The van der Waals surface area contributed by atoms with Crippen molar-refractivity contribution in [2.45, 2.75) is 18.7 Å². The number of H-pyrrole nitrogens is 1. The van der Waals surface area contributed by atoms with Gasteiger partial charge in [-0.3, -0.25) is 5.10 Å². The molecular formula is C8H13N3S. The lowest BCUT2D eigenvalue weighted by molar-refractivity contribution is 0.779. The lowest BCUT2D eigenvalue weighted by Gasteiger charge is -2.10. The molecule has 66 valence electrons. The van der Waals surface area contributed by atoms with Crippen molar-refractivity contribution in [3.8, 4) is 0 Å².